The van der Waals surface area contributed by atoms with Gasteiger partial charge in [-0.15, -0.1) is 0 Å². The number of hydrogen-bond acceptors (Lipinski definition) is 3. The van der Waals surface area contributed by atoms with Gasteiger partial charge in [0, 0.05) is 19.5 Å². The molecule has 0 aromatic carbocycles. The minimum Gasteiger partial charge on any atom is -0.380 e. The van der Waals surface area contributed by atoms with E-state index in [9.17, 15) is 4.79 Å². The average molecular weight is 260 g/mol. The van der Waals surface area contributed by atoms with Gasteiger partial charge in [0.25, 0.3) is 0 Å². The molecule has 0 aliphatic carbocycles. The number of rotatable bonds is 11. The van der Waals surface area contributed by atoms with Gasteiger partial charge in [-0.1, -0.05) is 40.5 Å². The van der Waals surface area contributed by atoms with Crippen molar-refractivity contribution < 1.29 is 9.53 Å². The Morgan fingerprint density at radius 3 is 2.39 bits per heavy atom. The smallest absolute Gasteiger partial charge is 0.222 e. The summed E-state index contributed by atoms with van der Waals surface area (Å²) in [6.07, 6.45) is 3.91. The summed E-state index contributed by atoms with van der Waals surface area (Å²) in [4.78, 5) is 11.3. The lowest BCUT2D eigenvalue weighted by Gasteiger charge is -2.06. The molecule has 0 aliphatic rings. The summed E-state index contributed by atoms with van der Waals surface area (Å²) < 4.78 is 5.31. The van der Waals surface area contributed by atoms with E-state index in [4.69, 9.17) is 4.74 Å². The Labute approximate surface area is 113 Å². The van der Waals surface area contributed by atoms with Crippen LogP contribution < -0.4 is 10.6 Å². The molecular formula is C14H32N2O2. The highest BCUT2D eigenvalue weighted by Crippen LogP contribution is 1.91. The van der Waals surface area contributed by atoms with Gasteiger partial charge in [-0.2, -0.15) is 0 Å². The van der Waals surface area contributed by atoms with Crippen molar-refractivity contribution in [2.24, 2.45) is 0 Å². The minimum absolute atomic E-state index is 0.0968. The summed E-state index contributed by atoms with van der Waals surface area (Å²) in [5.74, 6) is 0.0968. The van der Waals surface area contributed by atoms with E-state index in [0.29, 0.717) is 19.6 Å². The Morgan fingerprint density at radius 2 is 1.78 bits per heavy atom. The van der Waals surface area contributed by atoms with Crippen molar-refractivity contribution in [3.63, 3.8) is 0 Å². The van der Waals surface area contributed by atoms with Crippen molar-refractivity contribution in [1.82, 2.24) is 10.6 Å². The van der Waals surface area contributed by atoms with E-state index in [-0.39, 0.29) is 5.91 Å². The van der Waals surface area contributed by atoms with Crippen molar-refractivity contribution >= 4 is 5.91 Å². The topological polar surface area (TPSA) is 50.4 Å². The molecule has 0 radical (unpaired) electrons. The first-order valence-electron chi connectivity index (χ1n) is 7.36. The van der Waals surface area contributed by atoms with Crippen LogP contribution in [0.5, 0.6) is 0 Å². The number of likely N-dealkylation sites (N-methyl/N-ethyl adjacent to an activating group) is 1. The molecule has 0 fully saturated rings. The SMILES string of the molecule is CC.CCCCCNC(=O)CCOCCNCC. The van der Waals surface area contributed by atoms with E-state index in [2.05, 4.69) is 24.5 Å². The Bertz CT molecular complexity index is 164. The predicted octanol–water partition coefficient (Wildman–Crippen LogP) is 2.34. The van der Waals surface area contributed by atoms with E-state index < -0.39 is 0 Å². The third-order valence-electron chi connectivity index (χ3n) is 2.25. The van der Waals surface area contributed by atoms with Crippen molar-refractivity contribution in [2.75, 3.05) is 32.8 Å². The van der Waals surface area contributed by atoms with Gasteiger partial charge in [-0.3, -0.25) is 4.79 Å². The van der Waals surface area contributed by atoms with Crippen LogP contribution in [0.4, 0.5) is 0 Å². The Balaban J connectivity index is 0. The number of hydrogen-bond donors (Lipinski definition) is 2. The van der Waals surface area contributed by atoms with Crippen LogP contribution in [-0.2, 0) is 9.53 Å². The van der Waals surface area contributed by atoms with Crippen LogP contribution in [0, 0.1) is 0 Å². The summed E-state index contributed by atoms with van der Waals surface area (Å²) in [5.41, 5.74) is 0. The first kappa shape index (κ1) is 19.7. The van der Waals surface area contributed by atoms with Gasteiger partial charge in [0.05, 0.1) is 13.2 Å². The van der Waals surface area contributed by atoms with Crippen molar-refractivity contribution in [2.45, 2.75) is 53.4 Å². The summed E-state index contributed by atoms with van der Waals surface area (Å²) in [5, 5.41) is 6.04. The van der Waals surface area contributed by atoms with Gasteiger partial charge in [0.2, 0.25) is 5.91 Å². The molecule has 0 aromatic rings. The molecule has 0 heterocycles. The van der Waals surface area contributed by atoms with Crippen LogP contribution in [0.15, 0.2) is 0 Å². The highest BCUT2D eigenvalue weighted by molar-refractivity contribution is 5.75. The quantitative estimate of drug-likeness (QED) is 0.561. The van der Waals surface area contributed by atoms with E-state index in [1.807, 2.05) is 13.8 Å². The van der Waals surface area contributed by atoms with Crippen LogP contribution in [-0.4, -0.2) is 38.8 Å². The first-order chi connectivity index (χ1) is 8.81. The van der Waals surface area contributed by atoms with E-state index in [0.717, 1.165) is 26.1 Å². The third kappa shape index (κ3) is 17.8. The molecule has 1 amide bonds. The molecule has 0 aromatic heterocycles. The molecule has 4 nitrogen and oxygen atoms in total. The maximum absolute atomic E-state index is 11.3. The maximum atomic E-state index is 11.3. The lowest BCUT2D eigenvalue weighted by atomic mass is 10.2. The van der Waals surface area contributed by atoms with Crippen LogP contribution >= 0.6 is 0 Å². The lowest BCUT2D eigenvalue weighted by molar-refractivity contribution is -0.122. The fourth-order valence-electron chi connectivity index (χ4n) is 1.28. The molecule has 0 rings (SSSR count). The van der Waals surface area contributed by atoms with Crippen molar-refractivity contribution in [3.05, 3.63) is 0 Å². The second-order valence-corrected chi connectivity index (χ2v) is 3.77. The van der Waals surface area contributed by atoms with Crippen LogP contribution in [0.2, 0.25) is 0 Å². The highest BCUT2D eigenvalue weighted by Gasteiger charge is 1.99. The zero-order valence-electron chi connectivity index (χ0n) is 12.7. The molecule has 0 saturated carbocycles. The minimum atomic E-state index is 0.0968. The fraction of sp³-hybridized carbons (Fsp3) is 0.929. The van der Waals surface area contributed by atoms with Gasteiger partial charge in [0.1, 0.15) is 0 Å². The molecular weight excluding hydrogens is 228 g/mol. The standard InChI is InChI=1S/C12H26N2O2.C2H6/c1-3-5-6-8-14-12(15)7-10-16-11-9-13-4-2;1-2/h13H,3-11H2,1-2H3,(H,14,15);1-2H3. The summed E-state index contributed by atoms with van der Waals surface area (Å²) >= 11 is 0. The molecule has 0 aliphatic heterocycles. The Hall–Kier alpha value is -0.610. The zero-order chi connectivity index (χ0) is 14.1. The predicted molar refractivity (Wildman–Crippen MR) is 77.9 cm³/mol. The zero-order valence-corrected chi connectivity index (χ0v) is 12.7. The number of nitrogens with one attached hydrogen (secondary N) is 2. The second kappa shape index (κ2) is 18.7. The van der Waals surface area contributed by atoms with Gasteiger partial charge in [-0.05, 0) is 13.0 Å². The molecule has 0 saturated heterocycles. The summed E-state index contributed by atoms with van der Waals surface area (Å²) in [6, 6.07) is 0. The molecule has 0 atom stereocenters. The maximum Gasteiger partial charge on any atom is 0.222 e. The van der Waals surface area contributed by atoms with Gasteiger partial charge in [-0.25, -0.2) is 0 Å². The van der Waals surface area contributed by atoms with E-state index in [1.54, 1.807) is 0 Å². The molecule has 2 N–H and O–H groups in total. The summed E-state index contributed by atoms with van der Waals surface area (Å²) in [7, 11) is 0. The Kier molecular flexibility index (Phi) is 20.5. The Morgan fingerprint density at radius 1 is 1.06 bits per heavy atom. The lowest BCUT2D eigenvalue weighted by Crippen LogP contribution is -2.26. The molecule has 18 heavy (non-hydrogen) atoms. The highest BCUT2D eigenvalue weighted by atomic mass is 16.5. The molecule has 0 bridgehead atoms. The monoisotopic (exact) mass is 260 g/mol. The van der Waals surface area contributed by atoms with Gasteiger partial charge in [0.15, 0.2) is 0 Å². The van der Waals surface area contributed by atoms with Gasteiger partial charge >= 0.3 is 0 Å². The van der Waals surface area contributed by atoms with Crippen molar-refractivity contribution in [1.29, 1.82) is 0 Å². The first-order valence-corrected chi connectivity index (χ1v) is 7.36. The van der Waals surface area contributed by atoms with Crippen LogP contribution in [0.3, 0.4) is 0 Å². The number of amides is 1. The molecule has 0 unspecified atom stereocenters. The third-order valence-corrected chi connectivity index (χ3v) is 2.25. The fourth-order valence-corrected chi connectivity index (χ4v) is 1.28. The second-order valence-electron chi connectivity index (χ2n) is 3.77. The largest absolute Gasteiger partial charge is 0.380 e. The normalized spacial score (nSPS) is 9.56. The van der Waals surface area contributed by atoms with E-state index in [1.165, 1.54) is 12.8 Å². The average Bonchev–Trinajstić information content (AvgIpc) is 2.41. The van der Waals surface area contributed by atoms with Crippen LogP contribution in [0.25, 0.3) is 0 Å². The number of unbranched alkanes of at least 4 members (excludes halogenated alkanes) is 2. The molecule has 0 spiro atoms. The molecule has 110 valence electrons. The number of carbonyl (C=O) groups excluding carboxylic acids is 1. The summed E-state index contributed by atoms with van der Waals surface area (Å²) in [6.45, 7) is 12.0. The van der Waals surface area contributed by atoms with E-state index >= 15 is 0 Å². The number of carbonyl (C=O) groups is 1. The van der Waals surface area contributed by atoms with Crippen LogP contribution in [0.1, 0.15) is 53.4 Å². The van der Waals surface area contributed by atoms with Gasteiger partial charge < -0.3 is 15.4 Å². The molecule has 4 heteroatoms. The number of ether oxygens (including phenoxy) is 1. The van der Waals surface area contributed by atoms with Crippen molar-refractivity contribution in [3.8, 4) is 0 Å².